The highest BCUT2D eigenvalue weighted by Gasteiger charge is 2.35. The smallest absolute Gasteiger partial charge is 0.261 e. The molecule has 1 N–H and O–H groups in total. The van der Waals surface area contributed by atoms with Crippen molar-refractivity contribution in [1.82, 2.24) is 4.90 Å². The van der Waals surface area contributed by atoms with Gasteiger partial charge in [0.05, 0.1) is 22.8 Å². The maximum absolute atomic E-state index is 12.6. The van der Waals surface area contributed by atoms with Gasteiger partial charge in [-0.25, -0.2) is 4.90 Å². The Bertz CT molecular complexity index is 815. The lowest BCUT2D eigenvalue weighted by Gasteiger charge is -2.25. The molecule has 0 aliphatic carbocycles. The van der Waals surface area contributed by atoms with E-state index in [1.165, 1.54) is 4.90 Å². The number of halogens is 1. The van der Waals surface area contributed by atoms with E-state index in [0.29, 0.717) is 35.1 Å². The van der Waals surface area contributed by atoms with Crippen LogP contribution in [0, 0.1) is 0 Å². The highest BCUT2D eigenvalue weighted by Crippen LogP contribution is 2.33. The van der Waals surface area contributed by atoms with Gasteiger partial charge in [-0.1, -0.05) is 24.1 Å². The molecule has 6 nitrogen and oxygen atoms in total. The first-order valence-corrected chi connectivity index (χ1v) is 9.97. The van der Waals surface area contributed by atoms with Gasteiger partial charge in [0.25, 0.3) is 5.91 Å². The molecule has 1 aliphatic rings. The Morgan fingerprint density at radius 1 is 1.29 bits per heavy atom. The third-order valence-electron chi connectivity index (χ3n) is 4.78. The van der Waals surface area contributed by atoms with Crippen molar-refractivity contribution in [2.45, 2.75) is 53.5 Å². The topological polar surface area (TPSA) is 69.7 Å². The van der Waals surface area contributed by atoms with Crippen molar-refractivity contribution in [2.75, 3.05) is 23.3 Å². The Hall–Kier alpha value is -2.34. The molecule has 2 rings (SSSR count). The van der Waals surface area contributed by atoms with E-state index < -0.39 is 6.04 Å². The molecule has 1 saturated heterocycles. The standard InChI is InChI=1S/C21H28ClN3O3/c1-6-10-24(7-2)20(27)14(5)23-18-11-15(8-9-17(18)22)25-19(26)12-16(13(3)4)21(25)28/h8-9,11,14,23H,6-7,10,12H2,1-5H3. The van der Waals surface area contributed by atoms with Crippen molar-refractivity contribution < 1.29 is 14.4 Å². The number of carbonyl (C=O) groups is 3. The number of hydrogen-bond donors (Lipinski definition) is 1. The first-order chi connectivity index (χ1) is 13.2. The van der Waals surface area contributed by atoms with Crippen molar-refractivity contribution in [2.24, 2.45) is 0 Å². The molecular weight excluding hydrogens is 378 g/mol. The molecule has 0 radical (unpaired) electrons. The summed E-state index contributed by atoms with van der Waals surface area (Å²) < 4.78 is 0. The predicted octanol–water partition coefficient (Wildman–Crippen LogP) is 4.00. The monoisotopic (exact) mass is 405 g/mol. The van der Waals surface area contributed by atoms with Crippen LogP contribution >= 0.6 is 11.6 Å². The van der Waals surface area contributed by atoms with Crippen LogP contribution in [0.4, 0.5) is 11.4 Å². The van der Waals surface area contributed by atoms with Crippen molar-refractivity contribution in [3.8, 4) is 0 Å². The van der Waals surface area contributed by atoms with Crippen LogP contribution in [0.1, 0.15) is 47.5 Å². The van der Waals surface area contributed by atoms with Crippen molar-refractivity contribution >= 4 is 40.7 Å². The zero-order valence-corrected chi connectivity index (χ0v) is 17.9. The van der Waals surface area contributed by atoms with Crippen LogP contribution in [0.25, 0.3) is 0 Å². The predicted molar refractivity (Wildman–Crippen MR) is 113 cm³/mol. The van der Waals surface area contributed by atoms with Crippen LogP contribution in [0.2, 0.25) is 5.02 Å². The Balaban J connectivity index is 2.27. The van der Waals surface area contributed by atoms with Gasteiger partial charge in [-0.15, -0.1) is 0 Å². The third-order valence-corrected chi connectivity index (χ3v) is 5.11. The number of anilines is 2. The number of benzene rings is 1. The zero-order chi connectivity index (χ0) is 21.0. The third kappa shape index (κ3) is 4.55. The lowest BCUT2D eigenvalue weighted by molar-refractivity contribution is -0.131. The molecule has 0 spiro atoms. The van der Waals surface area contributed by atoms with E-state index in [0.717, 1.165) is 12.0 Å². The van der Waals surface area contributed by atoms with Crippen LogP contribution in [0.5, 0.6) is 0 Å². The van der Waals surface area contributed by atoms with Gasteiger partial charge in [-0.3, -0.25) is 14.4 Å². The van der Waals surface area contributed by atoms with Crippen LogP contribution in [-0.2, 0) is 14.4 Å². The number of allylic oxidation sites excluding steroid dienone is 1. The number of amides is 3. The van der Waals surface area contributed by atoms with Crippen molar-refractivity contribution in [1.29, 1.82) is 0 Å². The van der Waals surface area contributed by atoms with E-state index in [1.54, 1.807) is 30.0 Å². The van der Waals surface area contributed by atoms with Crippen LogP contribution in [0.15, 0.2) is 29.3 Å². The summed E-state index contributed by atoms with van der Waals surface area (Å²) in [6.45, 7) is 10.7. The van der Waals surface area contributed by atoms with Crippen LogP contribution < -0.4 is 10.2 Å². The summed E-state index contributed by atoms with van der Waals surface area (Å²) in [5.74, 6) is -0.591. The molecule has 1 aliphatic heterocycles. The molecule has 1 atom stereocenters. The normalized spacial score (nSPS) is 15.1. The summed E-state index contributed by atoms with van der Waals surface area (Å²) in [5, 5.41) is 3.55. The van der Waals surface area contributed by atoms with E-state index in [9.17, 15) is 14.4 Å². The number of carbonyl (C=O) groups excluding carboxylic acids is 3. The molecule has 0 bridgehead atoms. The van der Waals surface area contributed by atoms with E-state index >= 15 is 0 Å². The second-order valence-corrected chi connectivity index (χ2v) is 7.54. The van der Waals surface area contributed by atoms with Gasteiger partial charge in [-0.2, -0.15) is 0 Å². The number of imide groups is 1. The number of nitrogens with zero attached hydrogens (tertiary/aromatic N) is 2. The molecule has 0 saturated carbocycles. The quantitative estimate of drug-likeness (QED) is 0.549. The molecule has 3 amide bonds. The van der Waals surface area contributed by atoms with E-state index in [1.807, 2.05) is 27.7 Å². The largest absolute Gasteiger partial charge is 0.373 e. The van der Waals surface area contributed by atoms with Gasteiger partial charge in [0, 0.05) is 18.7 Å². The first-order valence-electron chi connectivity index (χ1n) is 9.59. The minimum Gasteiger partial charge on any atom is -0.373 e. The number of rotatable bonds is 7. The number of likely N-dealkylation sites (N-methyl/N-ethyl adjacent to an activating group) is 1. The van der Waals surface area contributed by atoms with Gasteiger partial charge >= 0.3 is 0 Å². The van der Waals surface area contributed by atoms with Gasteiger partial charge in [0.15, 0.2) is 0 Å². The van der Waals surface area contributed by atoms with Crippen LogP contribution in [0.3, 0.4) is 0 Å². The SMILES string of the molecule is CCCN(CC)C(=O)C(C)Nc1cc(N2C(=O)CC(=C(C)C)C2=O)ccc1Cl. The molecule has 0 aromatic heterocycles. The Kier molecular flexibility index (Phi) is 7.24. The zero-order valence-electron chi connectivity index (χ0n) is 17.1. The molecule has 28 heavy (non-hydrogen) atoms. The Morgan fingerprint density at radius 3 is 2.50 bits per heavy atom. The Labute approximate surface area is 171 Å². The van der Waals surface area contributed by atoms with Crippen molar-refractivity contribution in [3.63, 3.8) is 0 Å². The van der Waals surface area contributed by atoms with Gasteiger partial charge < -0.3 is 10.2 Å². The second-order valence-electron chi connectivity index (χ2n) is 7.14. The van der Waals surface area contributed by atoms with Gasteiger partial charge in [-0.05, 0) is 52.3 Å². The van der Waals surface area contributed by atoms with E-state index in [4.69, 9.17) is 11.6 Å². The summed E-state index contributed by atoms with van der Waals surface area (Å²) in [6, 6.07) is 4.42. The fourth-order valence-corrected chi connectivity index (χ4v) is 3.40. The molecule has 1 heterocycles. The molecule has 1 aromatic rings. The minimum atomic E-state index is -0.488. The first kappa shape index (κ1) is 22.0. The van der Waals surface area contributed by atoms with Crippen molar-refractivity contribution in [3.05, 3.63) is 34.4 Å². The van der Waals surface area contributed by atoms with Gasteiger partial charge in [0.2, 0.25) is 11.8 Å². The Morgan fingerprint density at radius 2 is 1.96 bits per heavy atom. The van der Waals surface area contributed by atoms with Gasteiger partial charge in [0.1, 0.15) is 6.04 Å². The maximum Gasteiger partial charge on any atom is 0.261 e. The lowest BCUT2D eigenvalue weighted by atomic mass is 10.1. The number of nitrogens with one attached hydrogen (secondary N) is 1. The molecule has 152 valence electrons. The average molecular weight is 406 g/mol. The highest BCUT2D eigenvalue weighted by atomic mass is 35.5. The molecule has 1 fully saturated rings. The average Bonchev–Trinajstić information content (AvgIpc) is 2.95. The summed E-state index contributed by atoms with van der Waals surface area (Å²) in [5.41, 5.74) is 2.32. The number of hydrogen-bond acceptors (Lipinski definition) is 4. The summed E-state index contributed by atoms with van der Waals surface area (Å²) in [4.78, 5) is 40.6. The minimum absolute atomic E-state index is 0.0222. The molecule has 7 heteroatoms. The van der Waals surface area contributed by atoms with E-state index in [-0.39, 0.29) is 24.1 Å². The van der Waals surface area contributed by atoms with Crippen LogP contribution in [-0.4, -0.2) is 41.8 Å². The fraction of sp³-hybridized carbons (Fsp3) is 0.476. The lowest BCUT2D eigenvalue weighted by Crippen LogP contribution is -2.41. The summed E-state index contributed by atoms with van der Waals surface area (Å²) >= 11 is 6.29. The fourth-order valence-electron chi connectivity index (χ4n) is 3.23. The maximum atomic E-state index is 12.6. The van der Waals surface area contributed by atoms with E-state index in [2.05, 4.69) is 5.32 Å². The summed E-state index contributed by atoms with van der Waals surface area (Å²) in [7, 11) is 0. The second kappa shape index (κ2) is 9.24. The highest BCUT2D eigenvalue weighted by molar-refractivity contribution is 6.34. The molecular formula is C21H28ClN3O3. The molecule has 1 unspecified atom stereocenters. The summed E-state index contributed by atoms with van der Waals surface area (Å²) in [6.07, 6.45) is 0.984. The molecule has 1 aromatic carbocycles.